The molecule has 0 radical (unpaired) electrons. The number of carbonyl (C=O) groups excluding carboxylic acids is 1. The third kappa shape index (κ3) is 4.07. The zero-order valence-corrected chi connectivity index (χ0v) is 18.7. The van der Waals surface area contributed by atoms with Crippen molar-refractivity contribution in [3.05, 3.63) is 63.5 Å². The highest BCUT2D eigenvalue weighted by atomic mass is 32.1. The van der Waals surface area contributed by atoms with E-state index in [0.29, 0.717) is 23.3 Å². The van der Waals surface area contributed by atoms with Gasteiger partial charge in [-0.2, -0.15) is 10.4 Å². The van der Waals surface area contributed by atoms with Crippen LogP contribution in [0, 0.1) is 25.2 Å². The molecule has 3 aromatic heterocycles. The first-order chi connectivity index (χ1) is 14.9. The monoisotopic (exact) mass is 429 g/mol. The number of amides is 1. The SMILES string of the molecule is Cc1cc(-c2cc(C(=O)Nc3ccc(CC#N)cc3)c3cnn(C(C)C)c3n2)c(C)s1. The van der Waals surface area contributed by atoms with Crippen molar-refractivity contribution in [2.45, 2.75) is 40.2 Å². The van der Waals surface area contributed by atoms with Gasteiger partial charge in [-0.15, -0.1) is 11.3 Å². The number of aromatic nitrogens is 3. The predicted molar refractivity (Wildman–Crippen MR) is 124 cm³/mol. The number of nitrogens with zero attached hydrogens (tertiary/aromatic N) is 4. The van der Waals surface area contributed by atoms with E-state index in [1.54, 1.807) is 17.5 Å². The summed E-state index contributed by atoms with van der Waals surface area (Å²) < 4.78 is 1.85. The molecule has 0 aliphatic heterocycles. The van der Waals surface area contributed by atoms with Gasteiger partial charge in [0.2, 0.25) is 0 Å². The summed E-state index contributed by atoms with van der Waals surface area (Å²) in [5, 5.41) is 17.0. The Morgan fingerprint density at radius 1 is 1.23 bits per heavy atom. The lowest BCUT2D eigenvalue weighted by molar-refractivity contribution is 0.102. The quantitative estimate of drug-likeness (QED) is 0.443. The van der Waals surface area contributed by atoms with E-state index in [4.69, 9.17) is 10.2 Å². The van der Waals surface area contributed by atoms with Crippen molar-refractivity contribution in [2.24, 2.45) is 0 Å². The van der Waals surface area contributed by atoms with Crippen LogP contribution in [0.3, 0.4) is 0 Å². The number of benzene rings is 1. The minimum atomic E-state index is -0.213. The minimum absolute atomic E-state index is 0.120. The van der Waals surface area contributed by atoms with Crippen LogP contribution in [-0.4, -0.2) is 20.7 Å². The number of carbonyl (C=O) groups is 1. The lowest BCUT2D eigenvalue weighted by atomic mass is 10.1. The molecule has 4 rings (SSSR count). The zero-order valence-electron chi connectivity index (χ0n) is 17.9. The van der Waals surface area contributed by atoms with E-state index < -0.39 is 0 Å². The van der Waals surface area contributed by atoms with Crippen molar-refractivity contribution in [2.75, 3.05) is 5.32 Å². The molecule has 0 saturated heterocycles. The molecule has 1 N–H and O–H groups in total. The highest BCUT2D eigenvalue weighted by Crippen LogP contribution is 2.32. The van der Waals surface area contributed by atoms with Crippen LogP contribution in [0.15, 0.2) is 42.6 Å². The standard InChI is InChI=1S/C24H23N5OS/c1-14(2)29-23-21(13-26-29)20(12-22(28-23)19-11-15(3)31-16(19)4)24(30)27-18-7-5-17(6-8-18)9-10-25/h5-8,11-14H,9H2,1-4H3,(H,27,30). The minimum Gasteiger partial charge on any atom is -0.322 e. The highest BCUT2D eigenvalue weighted by molar-refractivity contribution is 7.12. The van der Waals surface area contributed by atoms with Crippen molar-refractivity contribution < 1.29 is 4.79 Å². The topological polar surface area (TPSA) is 83.6 Å². The summed E-state index contributed by atoms with van der Waals surface area (Å²) in [7, 11) is 0. The molecule has 0 aliphatic rings. The second-order valence-corrected chi connectivity index (χ2v) is 9.25. The first kappa shape index (κ1) is 20.8. The van der Waals surface area contributed by atoms with Gasteiger partial charge >= 0.3 is 0 Å². The third-order valence-electron chi connectivity index (χ3n) is 5.11. The molecule has 6 nitrogen and oxygen atoms in total. The first-order valence-corrected chi connectivity index (χ1v) is 10.9. The van der Waals surface area contributed by atoms with Crippen LogP contribution < -0.4 is 5.32 Å². The van der Waals surface area contributed by atoms with E-state index in [0.717, 1.165) is 22.2 Å². The molecule has 7 heteroatoms. The summed E-state index contributed by atoms with van der Waals surface area (Å²) >= 11 is 1.72. The van der Waals surface area contributed by atoms with E-state index in [9.17, 15) is 4.79 Å². The van der Waals surface area contributed by atoms with Crippen LogP contribution in [-0.2, 0) is 6.42 Å². The van der Waals surface area contributed by atoms with Crippen molar-refractivity contribution in [3.8, 4) is 17.3 Å². The molecule has 31 heavy (non-hydrogen) atoms. The maximum atomic E-state index is 13.3. The van der Waals surface area contributed by atoms with E-state index in [-0.39, 0.29) is 11.9 Å². The third-order valence-corrected chi connectivity index (χ3v) is 6.08. The Labute approximate surface area is 185 Å². The molecule has 4 aromatic rings. The van der Waals surface area contributed by atoms with E-state index >= 15 is 0 Å². The predicted octanol–water partition coefficient (Wildman–Crippen LogP) is 5.68. The summed E-state index contributed by atoms with van der Waals surface area (Å²) in [6, 6.07) is 13.5. The van der Waals surface area contributed by atoms with E-state index in [1.165, 1.54) is 9.75 Å². The summed E-state index contributed by atoms with van der Waals surface area (Å²) in [5.74, 6) is -0.213. The molecule has 0 unspecified atom stereocenters. The van der Waals surface area contributed by atoms with Gasteiger partial charge in [-0.1, -0.05) is 12.1 Å². The molecule has 1 amide bonds. The van der Waals surface area contributed by atoms with Crippen LogP contribution in [0.25, 0.3) is 22.3 Å². The Morgan fingerprint density at radius 3 is 2.58 bits per heavy atom. The number of rotatable bonds is 5. The maximum absolute atomic E-state index is 13.3. The molecular weight excluding hydrogens is 406 g/mol. The fourth-order valence-electron chi connectivity index (χ4n) is 3.60. The van der Waals surface area contributed by atoms with E-state index in [1.807, 2.05) is 48.9 Å². The van der Waals surface area contributed by atoms with Gasteiger partial charge in [-0.25, -0.2) is 9.67 Å². The van der Waals surface area contributed by atoms with Crippen LogP contribution in [0.4, 0.5) is 5.69 Å². The van der Waals surface area contributed by atoms with Crippen molar-refractivity contribution in [1.82, 2.24) is 14.8 Å². The van der Waals surface area contributed by atoms with E-state index in [2.05, 4.69) is 36.4 Å². The second-order valence-electron chi connectivity index (χ2n) is 7.79. The molecule has 0 aliphatic carbocycles. The Bertz CT molecular complexity index is 1310. The van der Waals surface area contributed by atoms with Crippen molar-refractivity contribution >= 4 is 34.0 Å². The molecule has 0 atom stereocenters. The zero-order chi connectivity index (χ0) is 22.1. The first-order valence-electron chi connectivity index (χ1n) is 10.1. The lowest BCUT2D eigenvalue weighted by Crippen LogP contribution is -2.13. The highest BCUT2D eigenvalue weighted by Gasteiger charge is 2.20. The van der Waals surface area contributed by atoms with Crippen molar-refractivity contribution in [3.63, 3.8) is 0 Å². The number of anilines is 1. The molecule has 156 valence electrons. The molecule has 0 fully saturated rings. The molecule has 0 bridgehead atoms. The van der Waals surface area contributed by atoms with Gasteiger partial charge in [-0.05, 0) is 57.5 Å². The Kier molecular flexibility index (Phi) is 5.57. The number of nitrogens with one attached hydrogen (secondary N) is 1. The summed E-state index contributed by atoms with van der Waals surface area (Å²) in [6.07, 6.45) is 2.05. The number of aryl methyl sites for hydroxylation is 2. The summed E-state index contributed by atoms with van der Waals surface area (Å²) in [6.45, 7) is 8.23. The number of hydrogen-bond donors (Lipinski definition) is 1. The fourth-order valence-corrected chi connectivity index (χ4v) is 4.54. The van der Waals surface area contributed by atoms with Crippen LogP contribution in [0.5, 0.6) is 0 Å². The van der Waals surface area contributed by atoms with Gasteiger partial charge in [-0.3, -0.25) is 4.79 Å². The number of thiophene rings is 1. The largest absolute Gasteiger partial charge is 0.322 e. The smallest absolute Gasteiger partial charge is 0.256 e. The summed E-state index contributed by atoms with van der Waals surface area (Å²) in [5.41, 5.74) is 4.64. The van der Waals surface area contributed by atoms with Gasteiger partial charge in [0.25, 0.3) is 5.91 Å². The molecule has 0 spiro atoms. The molecule has 1 aromatic carbocycles. The normalized spacial score (nSPS) is 11.1. The van der Waals surface area contributed by atoms with Gasteiger partial charge in [0.15, 0.2) is 5.65 Å². The van der Waals surface area contributed by atoms with Crippen LogP contribution in [0.1, 0.15) is 45.6 Å². The van der Waals surface area contributed by atoms with Gasteiger partial charge in [0, 0.05) is 27.0 Å². The number of pyridine rings is 1. The fraction of sp³-hybridized carbons (Fsp3) is 0.250. The van der Waals surface area contributed by atoms with Crippen LogP contribution in [0.2, 0.25) is 0 Å². The second kappa shape index (κ2) is 8.32. The Hall–Kier alpha value is -3.50. The molecule has 0 saturated carbocycles. The number of nitriles is 1. The van der Waals surface area contributed by atoms with Gasteiger partial charge in [0.1, 0.15) is 0 Å². The molecule has 3 heterocycles. The van der Waals surface area contributed by atoms with Gasteiger partial charge in [0.05, 0.1) is 35.3 Å². The maximum Gasteiger partial charge on any atom is 0.256 e. The molecular formula is C24H23N5OS. The van der Waals surface area contributed by atoms with Crippen LogP contribution >= 0.6 is 11.3 Å². The average Bonchev–Trinajstić information content (AvgIpc) is 3.31. The van der Waals surface area contributed by atoms with Crippen molar-refractivity contribution in [1.29, 1.82) is 5.26 Å². The number of hydrogen-bond acceptors (Lipinski definition) is 5. The Morgan fingerprint density at radius 2 is 1.97 bits per heavy atom. The number of fused-ring (bicyclic) bond motifs is 1. The average molecular weight is 430 g/mol. The summed E-state index contributed by atoms with van der Waals surface area (Å²) in [4.78, 5) is 20.5. The Balaban J connectivity index is 1.79. The lowest BCUT2D eigenvalue weighted by Gasteiger charge is -2.11. The van der Waals surface area contributed by atoms with Gasteiger partial charge < -0.3 is 5.32 Å².